The number of benzene rings is 1. The predicted molar refractivity (Wildman–Crippen MR) is 97.3 cm³/mol. The number of hydrogen-bond acceptors (Lipinski definition) is 4. The summed E-state index contributed by atoms with van der Waals surface area (Å²) in [4.78, 5) is 24.6. The lowest BCUT2D eigenvalue weighted by Crippen LogP contribution is -2.35. The fourth-order valence-corrected chi connectivity index (χ4v) is 2.71. The number of nitrogens with one attached hydrogen (secondary N) is 1. The third-order valence-electron chi connectivity index (χ3n) is 4.50. The first kappa shape index (κ1) is 18.7. The summed E-state index contributed by atoms with van der Waals surface area (Å²) in [6, 6.07) is 7.91. The van der Waals surface area contributed by atoms with Gasteiger partial charge in [-0.15, -0.1) is 0 Å². The molecule has 1 amide bonds. The second-order valence-corrected chi connectivity index (χ2v) is 6.23. The molecule has 0 aliphatic heterocycles. The zero-order valence-electron chi connectivity index (χ0n) is 15.4. The van der Waals surface area contributed by atoms with Crippen LogP contribution < -0.4 is 15.6 Å². The molecule has 6 heteroatoms. The van der Waals surface area contributed by atoms with E-state index in [-0.39, 0.29) is 22.9 Å². The third kappa shape index (κ3) is 4.26. The molecule has 0 unspecified atom stereocenters. The molecule has 2 rings (SSSR count). The van der Waals surface area contributed by atoms with E-state index in [0.717, 1.165) is 12.2 Å². The number of ether oxygens (including phenoxy) is 1. The van der Waals surface area contributed by atoms with Crippen molar-refractivity contribution in [3.8, 4) is 5.75 Å². The topological polar surface area (TPSA) is 73.2 Å². The first-order valence-corrected chi connectivity index (χ1v) is 8.31. The van der Waals surface area contributed by atoms with Crippen LogP contribution in [0.2, 0.25) is 0 Å². The summed E-state index contributed by atoms with van der Waals surface area (Å²) < 4.78 is 6.36. The van der Waals surface area contributed by atoms with Crippen LogP contribution in [-0.2, 0) is 7.05 Å². The van der Waals surface area contributed by atoms with E-state index in [0.29, 0.717) is 17.8 Å². The Hall–Kier alpha value is -2.63. The van der Waals surface area contributed by atoms with E-state index >= 15 is 0 Å². The number of methoxy groups -OCH3 is 1. The van der Waals surface area contributed by atoms with Crippen LogP contribution in [0.3, 0.4) is 0 Å². The number of rotatable bonds is 6. The maximum absolute atomic E-state index is 12.4. The van der Waals surface area contributed by atoms with E-state index < -0.39 is 0 Å². The molecule has 25 heavy (non-hydrogen) atoms. The minimum atomic E-state index is -0.371. The minimum Gasteiger partial charge on any atom is -0.497 e. The number of aryl methyl sites for hydroxylation is 2. The molecule has 0 fully saturated rings. The highest BCUT2D eigenvalue weighted by atomic mass is 16.5. The van der Waals surface area contributed by atoms with Gasteiger partial charge < -0.3 is 10.1 Å². The van der Waals surface area contributed by atoms with Crippen LogP contribution in [0.4, 0.5) is 0 Å². The average molecular weight is 343 g/mol. The molecular weight excluding hydrogens is 318 g/mol. The number of amides is 1. The Balaban J connectivity index is 2.00. The first-order chi connectivity index (χ1) is 11.8. The lowest BCUT2D eigenvalue weighted by atomic mass is 9.97. The Morgan fingerprint density at radius 1 is 1.28 bits per heavy atom. The van der Waals surface area contributed by atoms with Gasteiger partial charge in [-0.3, -0.25) is 9.59 Å². The van der Waals surface area contributed by atoms with E-state index in [9.17, 15) is 9.59 Å². The Labute approximate surface area is 147 Å². The lowest BCUT2D eigenvalue weighted by Gasteiger charge is -2.14. The fourth-order valence-electron chi connectivity index (χ4n) is 2.71. The van der Waals surface area contributed by atoms with E-state index in [1.165, 1.54) is 10.2 Å². The van der Waals surface area contributed by atoms with Crippen LogP contribution >= 0.6 is 0 Å². The highest BCUT2D eigenvalue weighted by molar-refractivity contribution is 5.95. The van der Waals surface area contributed by atoms with Gasteiger partial charge in [0, 0.05) is 13.6 Å². The number of carbonyl (C=O) groups excluding carboxylic acids is 1. The molecule has 0 saturated heterocycles. The SMILES string of the molecule is COc1ccc([C@H](C)CCNC(=O)c2c(C)c(C)nn(C)c2=O)cc1. The number of aromatic nitrogens is 2. The van der Waals surface area contributed by atoms with Crippen LogP contribution in [0.5, 0.6) is 5.75 Å². The predicted octanol–water partition coefficient (Wildman–Crippen LogP) is 2.33. The van der Waals surface area contributed by atoms with Crippen LogP contribution in [0, 0.1) is 13.8 Å². The molecule has 0 aliphatic rings. The summed E-state index contributed by atoms with van der Waals surface area (Å²) in [6.45, 7) is 6.14. The van der Waals surface area contributed by atoms with Gasteiger partial charge >= 0.3 is 0 Å². The summed E-state index contributed by atoms with van der Waals surface area (Å²) in [6.07, 6.45) is 0.779. The van der Waals surface area contributed by atoms with Gasteiger partial charge in [-0.25, -0.2) is 4.68 Å². The Kier molecular flexibility index (Phi) is 5.96. The quantitative estimate of drug-likeness (QED) is 0.874. The largest absolute Gasteiger partial charge is 0.497 e. The molecule has 1 heterocycles. The highest BCUT2D eigenvalue weighted by Gasteiger charge is 2.17. The van der Waals surface area contributed by atoms with Crippen LogP contribution in [0.15, 0.2) is 29.1 Å². The highest BCUT2D eigenvalue weighted by Crippen LogP contribution is 2.21. The molecule has 1 aromatic heterocycles. The summed E-state index contributed by atoms with van der Waals surface area (Å²) in [5.74, 6) is 0.767. The van der Waals surface area contributed by atoms with E-state index in [4.69, 9.17) is 4.74 Å². The summed E-state index contributed by atoms with van der Waals surface area (Å²) in [7, 11) is 3.19. The smallest absolute Gasteiger partial charge is 0.279 e. The first-order valence-electron chi connectivity index (χ1n) is 8.31. The number of carbonyl (C=O) groups is 1. The summed E-state index contributed by atoms with van der Waals surface area (Å²) in [5, 5.41) is 6.95. The average Bonchev–Trinajstić information content (AvgIpc) is 2.60. The second kappa shape index (κ2) is 7.96. The van der Waals surface area contributed by atoms with Crippen molar-refractivity contribution in [2.75, 3.05) is 13.7 Å². The zero-order chi connectivity index (χ0) is 18.6. The van der Waals surface area contributed by atoms with E-state index in [2.05, 4.69) is 17.3 Å². The molecule has 1 aromatic carbocycles. The Morgan fingerprint density at radius 3 is 2.52 bits per heavy atom. The summed E-state index contributed by atoms with van der Waals surface area (Å²) >= 11 is 0. The Morgan fingerprint density at radius 2 is 1.92 bits per heavy atom. The lowest BCUT2D eigenvalue weighted by molar-refractivity contribution is 0.0949. The van der Waals surface area contributed by atoms with Gasteiger partial charge in [0.2, 0.25) is 0 Å². The molecule has 0 aliphatic carbocycles. The Bertz CT molecular complexity index is 810. The van der Waals surface area contributed by atoms with Crippen LogP contribution in [0.25, 0.3) is 0 Å². The number of nitrogens with zero attached hydrogens (tertiary/aromatic N) is 2. The minimum absolute atomic E-state index is 0.173. The van der Waals surface area contributed by atoms with E-state index in [1.54, 1.807) is 28.0 Å². The van der Waals surface area contributed by atoms with Gasteiger partial charge in [0.05, 0.1) is 12.8 Å². The van der Waals surface area contributed by atoms with Gasteiger partial charge in [0.25, 0.3) is 11.5 Å². The molecule has 1 atom stereocenters. The summed E-state index contributed by atoms with van der Waals surface area (Å²) in [5.41, 5.74) is 2.29. The molecule has 0 saturated carbocycles. The van der Waals surface area contributed by atoms with Gasteiger partial charge in [-0.05, 0) is 49.4 Å². The van der Waals surface area contributed by atoms with Gasteiger partial charge in [0.1, 0.15) is 11.3 Å². The van der Waals surface area contributed by atoms with Gasteiger partial charge in [-0.2, -0.15) is 5.10 Å². The molecule has 0 bridgehead atoms. The van der Waals surface area contributed by atoms with Crippen molar-refractivity contribution >= 4 is 5.91 Å². The zero-order valence-corrected chi connectivity index (χ0v) is 15.4. The van der Waals surface area contributed by atoms with Crippen molar-refractivity contribution in [3.63, 3.8) is 0 Å². The molecule has 0 spiro atoms. The molecule has 134 valence electrons. The standard InChI is InChI=1S/C19H25N3O3/c1-12(15-6-8-16(25-5)9-7-15)10-11-20-18(23)17-13(2)14(3)21-22(4)19(17)24/h6-9,12H,10-11H2,1-5H3,(H,20,23)/t12-/m1/s1. The maximum atomic E-state index is 12.4. The van der Waals surface area contributed by atoms with Gasteiger partial charge in [0.15, 0.2) is 0 Å². The molecule has 6 nitrogen and oxygen atoms in total. The van der Waals surface area contributed by atoms with Crippen molar-refractivity contribution in [3.05, 3.63) is 57.0 Å². The molecule has 1 N–H and O–H groups in total. The monoisotopic (exact) mass is 343 g/mol. The molecule has 2 aromatic rings. The van der Waals surface area contributed by atoms with Crippen molar-refractivity contribution < 1.29 is 9.53 Å². The van der Waals surface area contributed by atoms with Crippen molar-refractivity contribution in [2.45, 2.75) is 33.1 Å². The number of hydrogen-bond donors (Lipinski definition) is 1. The fraction of sp³-hybridized carbons (Fsp3) is 0.421. The molecule has 0 radical (unpaired) electrons. The molecular formula is C19H25N3O3. The van der Waals surface area contributed by atoms with Crippen molar-refractivity contribution in [1.82, 2.24) is 15.1 Å². The van der Waals surface area contributed by atoms with Crippen molar-refractivity contribution in [2.24, 2.45) is 7.05 Å². The second-order valence-electron chi connectivity index (χ2n) is 6.23. The van der Waals surface area contributed by atoms with Crippen molar-refractivity contribution in [1.29, 1.82) is 0 Å². The van der Waals surface area contributed by atoms with Crippen LogP contribution in [0.1, 0.15) is 46.4 Å². The maximum Gasteiger partial charge on any atom is 0.279 e. The van der Waals surface area contributed by atoms with Crippen LogP contribution in [-0.4, -0.2) is 29.3 Å². The van der Waals surface area contributed by atoms with Gasteiger partial charge in [-0.1, -0.05) is 19.1 Å². The third-order valence-corrected chi connectivity index (χ3v) is 4.50. The van der Waals surface area contributed by atoms with E-state index in [1.807, 2.05) is 24.3 Å². The normalized spacial score (nSPS) is 11.9.